The van der Waals surface area contributed by atoms with Crippen molar-refractivity contribution in [2.75, 3.05) is 5.32 Å². The lowest BCUT2D eigenvalue weighted by Crippen LogP contribution is -2.13. The summed E-state index contributed by atoms with van der Waals surface area (Å²) in [7, 11) is 0. The molecule has 0 aliphatic carbocycles. The fraction of sp³-hybridized carbons (Fsp3) is 0.120. The predicted octanol–water partition coefficient (Wildman–Crippen LogP) is 4.51. The molecule has 0 bridgehead atoms. The first-order chi connectivity index (χ1) is 15.6. The fourth-order valence-electron chi connectivity index (χ4n) is 3.69. The Morgan fingerprint density at radius 2 is 1.84 bits per heavy atom. The molecule has 0 fully saturated rings. The van der Waals surface area contributed by atoms with E-state index in [1.807, 2.05) is 49.5 Å². The molecular formula is C25H22N6O. The minimum Gasteiger partial charge on any atom is -0.305 e. The van der Waals surface area contributed by atoms with Crippen molar-refractivity contribution >= 4 is 17.4 Å². The Labute approximate surface area is 185 Å². The molecule has 5 rings (SSSR count). The van der Waals surface area contributed by atoms with Crippen LogP contribution < -0.4 is 5.32 Å². The SMILES string of the molecule is Cc1ccc(-c2ccnc3c(C(=O)Nc4ccn(Cc5cccc(C)c5)n4)cnn23)cc1. The van der Waals surface area contributed by atoms with Crippen molar-refractivity contribution in [3.8, 4) is 11.3 Å². The normalized spacial score (nSPS) is 11.1. The highest BCUT2D eigenvalue weighted by Crippen LogP contribution is 2.22. The van der Waals surface area contributed by atoms with E-state index in [9.17, 15) is 4.79 Å². The van der Waals surface area contributed by atoms with Crippen molar-refractivity contribution in [1.29, 1.82) is 0 Å². The minimum atomic E-state index is -0.297. The topological polar surface area (TPSA) is 77.1 Å². The van der Waals surface area contributed by atoms with Gasteiger partial charge in [-0.2, -0.15) is 10.2 Å². The predicted molar refractivity (Wildman–Crippen MR) is 124 cm³/mol. The van der Waals surface area contributed by atoms with E-state index in [-0.39, 0.29) is 5.91 Å². The Bertz CT molecular complexity index is 1410. The summed E-state index contributed by atoms with van der Waals surface area (Å²) in [5, 5.41) is 11.7. The average molecular weight is 422 g/mol. The van der Waals surface area contributed by atoms with Crippen LogP contribution in [0.1, 0.15) is 27.0 Å². The molecule has 0 unspecified atom stereocenters. The molecule has 0 saturated carbocycles. The van der Waals surface area contributed by atoms with Gasteiger partial charge in [0.05, 0.1) is 18.4 Å². The molecule has 0 aliphatic rings. The zero-order valence-corrected chi connectivity index (χ0v) is 17.9. The second-order valence-electron chi connectivity index (χ2n) is 7.83. The van der Waals surface area contributed by atoms with Gasteiger partial charge in [-0.3, -0.25) is 9.48 Å². The molecule has 3 heterocycles. The maximum atomic E-state index is 12.9. The number of aromatic nitrogens is 5. The highest BCUT2D eigenvalue weighted by molar-refractivity contribution is 6.07. The quantitative estimate of drug-likeness (QED) is 0.452. The first-order valence-electron chi connectivity index (χ1n) is 10.4. The van der Waals surface area contributed by atoms with Gasteiger partial charge in [0.25, 0.3) is 5.91 Å². The van der Waals surface area contributed by atoms with Crippen LogP contribution in [0.3, 0.4) is 0 Å². The van der Waals surface area contributed by atoms with Crippen LogP contribution in [0.15, 0.2) is 79.3 Å². The summed E-state index contributed by atoms with van der Waals surface area (Å²) >= 11 is 0. The van der Waals surface area contributed by atoms with Gasteiger partial charge in [-0.15, -0.1) is 0 Å². The van der Waals surface area contributed by atoms with Crippen LogP contribution in [-0.2, 0) is 6.54 Å². The van der Waals surface area contributed by atoms with Gasteiger partial charge >= 0.3 is 0 Å². The fourth-order valence-corrected chi connectivity index (χ4v) is 3.69. The maximum Gasteiger partial charge on any atom is 0.262 e. The first kappa shape index (κ1) is 19.7. The van der Waals surface area contributed by atoms with Gasteiger partial charge in [0.1, 0.15) is 5.56 Å². The van der Waals surface area contributed by atoms with Crippen molar-refractivity contribution in [2.45, 2.75) is 20.4 Å². The van der Waals surface area contributed by atoms with E-state index in [1.165, 1.54) is 11.1 Å². The molecule has 7 nitrogen and oxygen atoms in total. The number of benzene rings is 2. The second-order valence-corrected chi connectivity index (χ2v) is 7.83. The number of aryl methyl sites for hydroxylation is 2. The lowest BCUT2D eigenvalue weighted by Gasteiger charge is -2.06. The van der Waals surface area contributed by atoms with Crippen LogP contribution in [0.5, 0.6) is 0 Å². The number of carbonyl (C=O) groups excluding carboxylic acids is 1. The van der Waals surface area contributed by atoms with Crippen molar-refractivity contribution in [3.05, 3.63) is 102 Å². The molecule has 0 aliphatic heterocycles. The number of rotatable bonds is 5. The summed E-state index contributed by atoms with van der Waals surface area (Å²) in [5.41, 5.74) is 6.31. The Morgan fingerprint density at radius 1 is 1.00 bits per heavy atom. The average Bonchev–Trinajstić information content (AvgIpc) is 3.41. The van der Waals surface area contributed by atoms with Gasteiger partial charge < -0.3 is 5.32 Å². The number of nitrogens with zero attached hydrogens (tertiary/aromatic N) is 5. The van der Waals surface area contributed by atoms with E-state index in [4.69, 9.17) is 0 Å². The van der Waals surface area contributed by atoms with Crippen LogP contribution in [-0.4, -0.2) is 30.3 Å². The number of amides is 1. The van der Waals surface area contributed by atoms with E-state index in [1.54, 1.807) is 27.7 Å². The number of carbonyl (C=O) groups is 1. The molecule has 0 spiro atoms. The monoisotopic (exact) mass is 422 g/mol. The summed E-state index contributed by atoms with van der Waals surface area (Å²) < 4.78 is 3.49. The van der Waals surface area contributed by atoms with Crippen LogP contribution in [0.25, 0.3) is 16.9 Å². The number of hydrogen-bond donors (Lipinski definition) is 1. The van der Waals surface area contributed by atoms with Crippen molar-refractivity contribution in [2.24, 2.45) is 0 Å². The minimum absolute atomic E-state index is 0.297. The number of fused-ring (bicyclic) bond motifs is 1. The molecule has 32 heavy (non-hydrogen) atoms. The van der Waals surface area contributed by atoms with Crippen molar-refractivity contribution < 1.29 is 4.79 Å². The number of anilines is 1. The number of nitrogens with one attached hydrogen (secondary N) is 1. The standard InChI is InChI=1S/C25H22N6O/c1-17-6-8-20(9-7-17)22-10-12-26-24-21(15-27-31(22)24)25(32)28-23-11-13-30(29-23)16-19-5-3-4-18(2)14-19/h3-15H,16H2,1-2H3,(H,28,29,32). The third-order valence-corrected chi connectivity index (χ3v) is 5.30. The third-order valence-electron chi connectivity index (χ3n) is 5.30. The second kappa shape index (κ2) is 8.11. The van der Waals surface area contributed by atoms with Crippen LogP contribution in [0.2, 0.25) is 0 Å². The van der Waals surface area contributed by atoms with E-state index in [2.05, 4.69) is 45.6 Å². The van der Waals surface area contributed by atoms with Gasteiger partial charge in [0, 0.05) is 24.0 Å². The van der Waals surface area contributed by atoms with E-state index < -0.39 is 0 Å². The molecule has 158 valence electrons. The summed E-state index contributed by atoms with van der Waals surface area (Å²) in [4.78, 5) is 17.3. The van der Waals surface area contributed by atoms with Gasteiger partial charge in [-0.1, -0.05) is 59.7 Å². The maximum absolute atomic E-state index is 12.9. The highest BCUT2D eigenvalue weighted by atomic mass is 16.1. The zero-order chi connectivity index (χ0) is 22.1. The molecule has 1 amide bonds. The summed E-state index contributed by atoms with van der Waals surface area (Å²) in [5.74, 6) is 0.186. The van der Waals surface area contributed by atoms with Crippen molar-refractivity contribution in [1.82, 2.24) is 24.4 Å². The first-order valence-corrected chi connectivity index (χ1v) is 10.4. The van der Waals surface area contributed by atoms with Gasteiger partial charge in [-0.25, -0.2) is 9.50 Å². The van der Waals surface area contributed by atoms with E-state index in [0.717, 1.165) is 16.8 Å². The summed E-state index contributed by atoms with van der Waals surface area (Å²) in [6.07, 6.45) is 5.08. The van der Waals surface area contributed by atoms with E-state index >= 15 is 0 Å². The third kappa shape index (κ3) is 3.88. The molecule has 5 aromatic rings. The van der Waals surface area contributed by atoms with Crippen LogP contribution in [0.4, 0.5) is 5.82 Å². The molecule has 1 N–H and O–H groups in total. The largest absolute Gasteiger partial charge is 0.305 e. The Kier molecular flexibility index (Phi) is 4.99. The molecule has 0 saturated heterocycles. The highest BCUT2D eigenvalue weighted by Gasteiger charge is 2.17. The molecular weight excluding hydrogens is 400 g/mol. The van der Waals surface area contributed by atoms with Crippen LogP contribution >= 0.6 is 0 Å². The molecule has 2 aromatic carbocycles. The molecule has 3 aromatic heterocycles. The van der Waals surface area contributed by atoms with Gasteiger partial charge in [0.15, 0.2) is 11.5 Å². The smallest absolute Gasteiger partial charge is 0.262 e. The lowest BCUT2D eigenvalue weighted by molar-refractivity contribution is 0.102. The Morgan fingerprint density at radius 3 is 2.66 bits per heavy atom. The molecule has 7 heteroatoms. The summed E-state index contributed by atoms with van der Waals surface area (Å²) in [6, 6.07) is 20.1. The molecule has 0 atom stereocenters. The molecule has 0 radical (unpaired) electrons. The van der Waals surface area contributed by atoms with Gasteiger partial charge in [0.2, 0.25) is 0 Å². The lowest BCUT2D eigenvalue weighted by atomic mass is 10.1. The van der Waals surface area contributed by atoms with Crippen LogP contribution in [0, 0.1) is 13.8 Å². The van der Waals surface area contributed by atoms with Gasteiger partial charge in [-0.05, 0) is 25.5 Å². The Balaban J connectivity index is 1.37. The Hall–Kier alpha value is -4.26. The zero-order valence-electron chi connectivity index (χ0n) is 17.9. The van der Waals surface area contributed by atoms with Crippen molar-refractivity contribution in [3.63, 3.8) is 0 Å². The van der Waals surface area contributed by atoms with E-state index in [0.29, 0.717) is 23.6 Å². The summed E-state index contributed by atoms with van der Waals surface area (Å²) in [6.45, 7) is 4.74. The number of hydrogen-bond acceptors (Lipinski definition) is 4.